The molecule has 0 amide bonds. The molecule has 0 fully saturated rings. The number of hydrogen-bond acceptors (Lipinski definition) is 4. The van der Waals surface area contributed by atoms with E-state index < -0.39 is 5.97 Å². The summed E-state index contributed by atoms with van der Waals surface area (Å²) in [6.45, 7) is 0.0811. The lowest BCUT2D eigenvalue weighted by Gasteiger charge is -2.04. The van der Waals surface area contributed by atoms with Gasteiger partial charge in [-0.25, -0.2) is 14.8 Å². The van der Waals surface area contributed by atoms with Crippen molar-refractivity contribution in [3.8, 4) is 0 Å². The Morgan fingerprint density at radius 2 is 2.28 bits per heavy atom. The molecule has 0 unspecified atom stereocenters. The normalized spacial score (nSPS) is 10.5. The van der Waals surface area contributed by atoms with Gasteiger partial charge in [-0.05, 0) is 24.6 Å². The molecular formula is C12H12FN3O2. The number of halogens is 1. The van der Waals surface area contributed by atoms with Crippen LogP contribution in [-0.4, -0.2) is 34.3 Å². The van der Waals surface area contributed by atoms with Crippen molar-refractivity contribution in [1.29, 1.82) is 0 Å². The first-order valence-electron chi connectivity index (χ1n) is 5.50. The predicted molar refractivity (Wildman–Crippen MR) is 65.6 cm³/mol. The van der Waals surface area contributed by atoms with Crippen LogP contribution < -0.4 is 5.32 Å². The molecule has 94 valence electrons. The Labute approximate surface area is 103 Å². The first kappa shape index (κ1) is 12.2. The molecule has 0 saturated carbocycles. The maximum atomic E-state index is 11.9. The Morgan fingerprint density at radius 1 is 1.44 bits per heavy atom. The molecule has 0 atom stereocenters. The Morgan fingerprint density at radius 3 is 3.00 bits per heavy atom. The van der Waals surface area contributed by atoms with Crippen molar-refractivity contribution >= 4 is 22.8 Å². The van der Waals surface area contributed by atoms with E-state index in [4.69, 9.17) is 5.11 Å². The number of carboxylic acids is 1. The number of nitrogens with zero attached hydrogens (tertiary/aromatic N) is 2. The van der Waals surface area contributed by atoms with Crippen LogP contribution in [0.5, 0.6) is 0 Å². The van der Waals surface area contributed by atoms with Gasteiger partial charge in [0.2, 0.25) is 5.95 Å². The maximum absolute atomic E-state index is 11.9. The van der Waals surface area contributed by atoms with Crippen molar-refractivity contribution in [3.63, 3.8) is 0 Å². The van der Waals surface area contributed by atoms with Crippen molar-refractivity contribution in [2.24, 2.45) is 0 Å². The molecular weight excluding hydrogens is 237 g/mol. The third-order valence-corrected chi connectivity index (χ3v) is 2.42. The van der Waals surface area contributed by atoms with Crippen LogP contribution in [0.2, 0.25) is 0 Å². The third-order valence-electron chi connectivity index (χ3n) is 2.42. The lowest BCUT2D eigenvalue weighted by molar-refractivity contribution is 0.0697. The zero-order chi connectivity index (χ0) is 13.0. The van der Waals surface area contributed by atoms with Gasteiger partial charge in [0.1, 0.15) is 0 Å². The van der Waals surface area contributed by atoms with E-state index in [1.807, 2.05) is 0 Å². The molecule has 0 bridgehead atoms. The number of carbonyl (C=O) groups is 1. The number of rotatable bonds is 5. The Bertz CT molecular complexity index is 574. The molecule has 0 saturated heterocycles. The van der Waals surface area contributed by atoms with Crippen LogP contribution >= 0.6 is 0 Å². The van der Waals surface area contributed by atoms with Crippen LogP contribution in [0.3, 0.4) is 0 Å². The van der Waals surface area contributed by atoms with Gasteiger partial charge in [-0.2, -0.15) is 0 Å². The third kappa shape index (κ3) is 2.71. The van der Waals surface area contributed by atoms with E-state index in [0.29, 0.717) is 29.8 Å². The molecule has 0 spiro atoms. The molecule has 0 aliphatic heterocycles. The van der Waals surface area contributed by atoms with Gasteiger partial charge in [-0.15, -0.1) is 0 Å². The van der Waals surface area contributed by atoms with Gasteiger partial charge in [-0.3, -0.25) is 4.39 Å². The minimum Gasteiger partial charge on any atom is -0.478 e. The SMILES string of the molecule is O=C(O)c1ccc2nc(NCCCF)ncc2c1. The number of benzene rings is 1. The zero-order valence-electron chi connectivity index (χ0n) is 9.56. The van der Waals surface area contributed by atoms with Gasteiger partial charge < -0.3 is 10.4 Å². The number of hydrogen-bond donors (Lipinski definition) is 2. The number of fused-ring (bicyclic) bond motifs is 1. The average molecular weight is 249 g/mol. The molecule has 6 heteroatoms. The van der Waals surface area contributed by atoms with E-state index in [2.05, 4.69) is 15.3 Å². The summed E-state index contributed by atoms with van der Waals surface area (Å²) in [6.07, 6.45) is 1.95. The maximum Gasteiger partial charge on any atom is 0.335 e. The minimum absolute atomic E-state index is 0.198. The number of nitrogens with one attached hydrogen (secondary N) is 1. The summed E-state index contributed by atoms with van der Waals surface area (Å²) in [7, 11) is 0. The molecule has 2 rings (SSSR count). The van der Waals surface area contributed by atoms with E-state index in [0.717, 1.165) is 0 Å². The van der Waals surface area contributed by atoms with Crippen LogP contribution in [-0.2, 0) is 0 Å². The first-order valence-corrected chi connectivity index (χ1v) is 5.50. The van der Waals surface area contributed by atoms with Crippen LogP contribution in [0.1, 0.15) is 16.8 Å². The molecule has 1 aromatic carbocycles. The summed E-state index contributed by atoms with van der Waals surface area (Å²) < 4.78 is 11.9. The molecule has 18 heavy (non-hydrogen) atoms. The number of aromatic nitrogens is 2. The highest BCUT2D eigenvalue weighted by molar-refractivity contribution is 5.93. The van der Waals surface area contributed by atoms with Crippen molar-refractivity contribution in [3.05, 3.63) is 30.0 Å². The van der Waals surface area contributed by atoms with Gasteiger partial charge >= 0.3 is 5.97 Å². The molecule has 2 aromatic rings. The van der Waals surface area contributed by atoms with Crippen molar-refractivity contribution in [1.82, 2.24) is 9.97 Å². The molecule has 0 aliphatic rings. The highest BCUT2D eigenvalue weighted by atomic mass is 19.1. The van der Waals surface area contributed by atoms with E-state index in [1.54, 1.807) is 12.3 Å². The largest absolute Gasteiger partial charge is 0.478 e. The Kier molecular flexibility index (Phi) is 3.66. The van der Waals surface area contributed by atoms with Gasteiger partial charge in [0.15, 0.2) is 0 Å². The minimum atomic E-state index is -0.984. The standard InChI is InChI=1S/C12H12FN3O2/c13-4-1-5-14-12-15-7-9-6-8(11(17)18)2-3-10(9)16-12/h2-3,6-7H,1,4-5H2,(H,17,18)(H,14,15,16). The van der Waals surface area contributed by atoms with E-state index in [1.165, 1.54) is 12.1 Å². The summed E-state index contributed by atoms with van der Waals surface area (Å²) in [4.78, 5) is 19.0. The Hall–Kier alpha value is -2.24. The molecule has 0 aliphatic carbocycles. The van der Waals surface area contributed by atoms with E-state index in [9.17, 15) is 9.18 Å². The smallest absolute Gasteiger partial charge is 0.335 e. The fourth-order valence-electron chi connectivity index (χ4n) is 1.52. The second-order valence-corrected chi connectivity index (χ2v) is 3.74. The van der Waals surface area contributed by atoms with Crippen molar-refractivity contribution in [2.75, 3.05) is 18.5 Å². The molecule has 0 radical (unpaired) electrons. The molecule has 1 heterocycles. The topological polar surface area (TPSA) is 75.1 Å². The van der Waals surface area contributed by atoms with Crippen LogP contribution in [0.15, 0.2) is 24.4 Å². The van der Waals surface area contributed by atoms with E-state index in [-0.39, 0.29) is 12.2 Å². The van der Waals surface area contributed by atoms with Crippen molar-refractivity contribution in [2.45, 2.75) is 6.42 Å². The fraction of sp³-hybridized carbons (Fsp3) is 0.250. The van der Waals surface area contributed by atoms with Crippen LogP contribution in [0.4, 0.5) is 10.3 Å². The molecule has 2 N–H and O–H groups in total. The van der Waals surface area contributed by atoms with Crippen molar-refractivity contribution < 1.29 is 14.3 Å². The summed E-state index contributed by atoms with van der Waals surface area (Å²) in [5.74, 6) is -0.568. The number of aromatic carboxylic acids is 1. The lowest BCUT2D eigenvalue weighted by atomic mass is 10.1. The summed E-state index contributed by atoms with van der Waals surface area (Å²) >= 11 is 0. The molecule has 5 nitrogen and oxygen atoms in total. The second-order valence-electron chi connectivity index (χ2n) is 3.74. The zero-order valence-corrected chi connectivity index (χ0v) is 9.56. The van der Waals surface area contributed by atoms with Crippen LogP contribution in [0, 0.1) is 0 Å². The monoisotopic (exact) mass is 249 g/mol. The van der Waals surface area contributed by atoms with E-state index >= 15 is 0 Å². The number of carboxylic acid groups (broad SMARTS) is 1. The van der Waals surface area contributed by atoms with Gasteiger partial charge in [0, 0.05) is 18.1 Å². The highest BCUT2D eigenvalue weighted by Gasteiger charge is 2.05. The predicted octanol–water partition coefficient (Wildman–Crippen LogP) is 2.10. The van der Waals surface area contributed by atoms with Gasteiger partial charge in [0.25, 0.3) is 0 Å². The molecule has 1 aromatic heterocycles. The summed E-state index contributed by atoms with van der Waals surface area (Å²) in [5, 5.41) is 12.4. The summed E-state index contributed by atoms with van der Waals surface area (Å²) in [5.41, 5.74) is 0.849. The summed E-state index contributed by atoms with van der Waals surface area (Å²) in [6, 6.07) is 4.63. The second kappa shape index (κ2) is 5.39. The lowest BCUT2D eigenvalue weighted by Crippen LogP contribution is -2.06. The first-order chi connectivity index (χ1) is 8.70. The van der Waals surface area contributed by atoms with Gasteiger partial charge in [-0.1, -0.05) is 0 Å². The highest BCUT2D eigenvalue weighted by Crippen LogP contribution is 2.15. The van der Waals surface area contributed by atoms with Crippen LogP contribution in [0.25, 0.3) is 10.9 Å². The number of anilines is 1. The Balaban J connectivity index is 2.24. The fourth-order valence-corrected chi connectivity index (χ4v) is 1.52. The quantitative estimate of drug-likeness (QED) is 0.794. The van der Waals surface area contributed by atoms with Gasteiger partial charge in [0.05, 0.1) is 17.8 Å². The number of alkyl halides is 1. The average Bonchev–Trinajstić information content (AvgIpc) is 2.38.